The molecule has 0 spiro atoms. The highest BCUT2D eigenvalue weighted by Crippen LogP contribution is 2.23. The Morgan fingerprint density at radius 1 is 1.44 bits per heavy atom. The number of carbonyl (C=O) groups is 1. The van der Waals surface area contributed by atoms with Crippen LogP contribution < -0.4 is 5.32 Å². The molecule has 0 aromatic carbocycles. The topological polar surface area (TPSA) is 41.6 Å². The molecule has 0 unspecified atom stereocenters. The van der Waals surface area contributed by atoms with Crippen LogP contribution in [-0.2, 0) is 9.53 Å². The number of carbonyl (C=O) groups excluding carboxylic acids is 1. The fourth-order valence-electron chi connectivity index (χ4n) is 2.41. The summed E-state index contributed by atoms with van der Waals surface area (Å²) in [6, 6.07) is 0.448. The van der Waals surface area contributed by atoms with Gasteiger partial charge >= 0.3 is 0 Å². The van der Waals surface area contributed by atoms with E-state index in [4.69, 9.17) is 4.74 Å². The van der Waals surface area contributed by atoms with Crippen LogP contribution in [0.5, 0.6) is 0 Å². The Hall–Kier alpha value is -0.610. The summed E-state index contributed by atoms with van der Waals surface area (Å²) in [6.45, 7) is 3.98. The van der Waals surface area contributed by atoms with Crippen LogP contribution in [0, 0.1) is 0 Å². The number of likely N-dealkylation sites (N-methyl/N-ethyl adjacent to an activating group) is 1. The molecule has 1 N–H and O–H groups in total. The highest BCUT2D eigenvalue weighted by Gasteiger charge is 2.34. The Morgan fingerprint density at radius 3 is 2.56 bits per heavy atom. The molecule has 0 bridgehead atoms. The van der Waals surface area contributed by atoms with Crippen molar-refractivity contribution in [1.82, 2.24) is 10.2 Å². The maximum Gasteiger partial charge on any atom is 0.248 e. The lowest BCUT2D eigenvalue weighted by Gasteiger charge is -2.39. The van der Waals surface area contributed by atoms with Gasteiger partial charge in [0.1, 0.15) is 6.61 Å². The third-order valence-corrected chi connectivity index (χ3v) is 3.81. The lowest BCUT2D eigenvalue weighted by Crippen LogP contribution is -2.59. The Bertz CT molecular complexity index is 258. The standard InChI is InChI=1S/C12H22N2O2/c1-12(8-13-9-12)16-7-11(15)14(2)10-5-3-4-6-10/h10,13H,3-9H2,1-2H3. The zero-order valence-corrected chi connectivity index (χ0v) is 10.3. The number of rotatable bonds is 4. The van der Waals surface area contributed by atoms with Crippen LogP contribution in [0.15, 0.2) is 0 Å². The SMILES string of the molecule is CN(C(=O)COC1(C)CNC1)C1CCCC1. The zero-order valence-electron chi connectivity index (χ0n) is 10.3. The predicted molar refractivity (Wildman–Crippen MR) is 62.3 cm³/mol. The maximum absolute atomic E-state index is 11.9. The minimum atomic E-state index is -0.119. The normalized spacial score (nSPS) is 24.1. The molecule has 1 aliphatic heterocycles. The van der Waals surface area contributed by atoms with E-state index in [1.54, 1.807) is 0 Å². The molecule has 1 saturated heterocycles. The smallest absolute Gasteiger partial charge is 0.248 e. The molecule has 1 saturated carbocycles. The van der Waals surface area contributed by atoms with Crippen LogP contribution in [-0.4, -0.2) is 49.2 Å². The van der Waals surface area contributed by atoms with Crippen molar-refractivity contribution in [2.75, 3.05) is 26.7 Å². The highest BCUT2D eigenvalue weighted by atomic mass is 16.5. The van der Waals surface area contributed by atoms with Gasteiger partial charge in [0.05, 0.1) is 5.60 Å². The van der Waals surface area contributed by atoms with Crippen LogP contribution in [0.25, 0.3) is 0 Å². The molecule has 2 rings (SSSR count). The predicted octanol–water partition coefficient (Wildman–Crippen LogP) is 0.766. The van der Waals surface area contributed by atoms with Gasteiger partial charge in [-0.05, 0) is 19.8 Å². The largest absolute Gasteiger partial charge is 0.363 e. The van der Waals surface area contributed by atoms with Crippen molar-refractivity contribution in [3.63, 3.8) is 0 Å². The van der Waals surface area contributed by atoms with Crippen LogP contribution in [0.2, 0.25) is 0 Å². The van der Waals surface area contributed by atoms with Crippen molar-refractivity contribution in [3.8, 4) is 0 Å². The molecular weight excluding hydrogens is 204 g/mol. The quantitative estimate of drug-likeness (QED) is 0.769. The van der Waals surface area contributed by atoms with Gasteiger partial charge in [-0.3, -0.25) is 4.79 Å². The molecule has 4 nitrogen and oxygen atoms in total. The van der Waals surface area contributed by atoms with Gasteiger partial charge in [0.15, 0.2) is 0 Å². The summed E-state index contributed by atoms with van der Waals surface area (Å²) in [7, 11) is 1.91. The van der Waals surface area contributed by atoms with Crippen LogP contribution in [0.1, 0.15) is 32.6 Å². The first kappa shape index (κ1) is 11.9. The fourth-order valence-corrected chi connectivity index (χ4v) is 2.41. The highest BCUT2D eigenvalue weighted by molar-refractivity contribution is 5.77. The van der Waals surface area contributed by atoms with E-state index in [1.807, 2.05) is 18.9 Å². The summed E-state index contributed by atoms with van der Waals surface area (Å²) >= 11 is 0. The van der Waals surface area contributed by atoms with Crippen molar-refractivity contribution in [2.24, 2.45) is 0 Å². The molecule has 1 heterocycles. The Labute approximate surface area is 97.3 Å². The summed E-state index contributed by atoms with van der Waals surface area (Å²) < 4.78 is 5.65. The molecule has 0 radical (unpaired) electrons. The van der Waals surface area contributed by atoms with Crippen LogP contribution >= 0.6 is 0 Å². The third kappa shape index (κ3) is 2.55. The molecule has 0 aromatic heterocycles. The average molecular weight is 226 g/mol. The number of nitrogens with zero attached hydrogens (tertiary/aromatic N) is 1. The van der Waals surface area contributed by atoms with Crippen molar-refractivity contribution >= 4 is 5.91 Å². The molecule has 2 aliphatic rings. The summed E-state index contributed by atoms with van der Waals surface area (Å²) in [4.78, 5) is 13.8. The van der Waals surface area contributed by atoms with E-state index in [0.29, 0.717) is 6.04 Å². The van der Waals surface area contributed by atoms with Gasteiger partial charge in [-0.2, -0.15) is 0 Å². The van der Waals surface area contributed by atoms with Gasteiger partial charge in [0.25, 0.3) is 0 Å². The number of ether oxygens (including phenoxy) is 1. The Balaban J connectivity index is 1.74. The van der Waals surface area contributed by atoms with Gasteiger partial charge in [-0.15, -0.1) is 0 Å². The van der Waals surface area contributed by atoms with E-state index in [9.17, 15) is 4.79 Å². The zero-order chi connectivity index (χ0) is 11.6. The van der Waals surface area contributed by atoms with E-state index in [0.717, 1.165) is 25.9 Å². The van der Waals surface area contributed by atoms with Gasteiger partial charge in [0.2, 0.25) is 5.91 Å². The number of hydrogen-bond donors (Lipinski definition) is 1. The Kier molecular flexibility index (Phi) is 3.50. The van der Waals surface area contributed by atoms with E-state index in [2.05, 4.69) is 5.32 Å². The summed E-state index contributed by atoms with van der Waals surface area (Å²) in [6.07, 6.45) is 4.82. The second-order valence-corrected chi connectivity index (χ2v) is 5.29. The maximum atomic E-state index is 11.9. The molecule has 0 aromatic rings. The van der Waals surface area contributed by atoms with E-state index >= 15 is 0 Å². The lowest BCUT2D eigenvalue weighted by atomic mass is 10.0. The lowest BCUT2D eigenvalue weighted by molar-refractivity contribution is -0.146. The second kappa shape index (κ2) is 4.72. The monoisotopic (exact) mass is 226 g/mol. The molecular formula is C12H22N2O2. The number of amides is 1. The average Bonchev–Trinajstić information content (AvgIpc) is 2.75. The van der Waals surface area contributed by atoms with E-state index in [-0.39, 0.29) is 18.1 Å². The first-order valence-electron chi connectivity index (χ1n) is 6.21. The van der Waals surface area contributed by atoms with Crippen molar-refractivity contribution in [2.45, 2.75) is 44.2 Å². The minimum absolute atomic E-state index is 0.119. The van der Waals surface area contributed by atoms with Crippen LogP contribution in [0.4, 0.5) is 0 Å². The van der Waals surface area contributed by atoms with Crippen LogP contribution in [0.3, 0.4) is 0 Å². The molecule has 1 amide bonds. The molecule has 16 heavy (non-hydrogen) atoms. The van der Waals surface area contributed by atoms with Crippen molar-refractivity contribution in [1.29, 1.82) is 0 Å². The van der Waals surface area contributed by atoms with Gasteiger partial charge in [-0.25, -0.2) is 0 Å². The van der Waals surface area contributed by atoms with E-state index in [1.165, 1.54) is 12.8 Å². The molecule has 4 heteroatoms. The molecule has 0 atom stereocenters. The molecule has 1 aliphatic carbocycles. The van der Waals surface area contributed by atoms with Crippen molar-refractivity contribution in [3.05, 3.63) is 0 Å². The summed E-state index contributed by atoms with van der Waals surface area (Å²) in [5.41, 5.74) is -0.119. The molecule has 92 valence electrons. The van der Waals surface area contributed by atoms with Crippen molar-refractivity contribution < 1.29 is 9.53 Å². The van der Waals surface area contributed by atoms with E-state index < -0.39 is 0 Å². The number of hydrogen-bond acceptors (Lipinski definition) is 3. The van der Waals surface area contributed by atoms with Gasteiger partial charge in [-0.1, -0.05) is 12.8 Å². The third-order valence-electron chi connectivity index (χ3n) is 3.81. The number of nitrogens with one attached hydrogen (secondary N) is 1. The minimum Gasteiger partial charge on any atom is -0.363 e. The Morgan fingerprint density at radius 2 is 2.06 bits per heavy atom. The molecule has 2 fully saturated rings. The first-order chi connectivity index (χ1) is 7.61. The van der Waals surface area contributed by atoms with Gasteiger partial charge in [0, 0.05) is 26.2 Å². The second-order valence-electron chi connectivity index (χ2n) is 5.29. The first-order valence-corrected chi connectivity index (χ1v) is 6.21. The fraction of sp³-hybridized carbons (Fsp3) is 0.917. The van der Waals surface area contributed by atoms with Gasteiger partial charge < -0.3 is 15.0 Å². The summed E-state index contributed by atoms with van der Waals surface area (Å²) in [5, 5.41) is 3.16. The summed E-state index contributed by atoms with van der Waals surface area (Å²) in [5.74, 6) is 0.125.